The molecular formula is C16H25NO2. The highest BCUT2D eigenvalue weighted by atomic mass is 16.4. The Morgan fingerprint density at radius 1 is 1.21 bits per heavy atom. The molecule has 0 aliphatic carbocycles. The molecule has 0 aliphatic heterocycles. The van der Waals surface area contributed by atoms with Gasteiger partial charge in [0.05, 0.1) is 5.41 Å². The second kappa shape index (κ2) is 7.95. The standard InChI is InChI=1S/C16H25NO2/c1-2-3-4-8-11-16(13-17,15(18)19)12-14-9-6-5-7-10-14/h5-7,9-10H,2-4,8,11-13,17H2,1H3,(H,18,19)/t16-/m1/s1. The summed E-state index contributed by atoms with van der Waals surface area (Å²) >= 11 is 0. The van der Waals surface area contributed by atoms with Crippen molar-refractivity contribution in [3.05, 3.63) is 35.9 Å². The van der Waals surface area contributed by atoms with Crippen LogP contribution in [0.5, 0.6) is 0 Å². The fourth-order valence-corrected chi connectivity index (χ4v) is 2.41. The van der Waals surface area contributed by atoms with Crippen LogP contribution in [0.3, 0.4) is 0 Å². The van der Waals surface area contributed by atoms with E-state index in [-0.39, 0.29) is 6.54 Å². The van der Waals surface area contributed by atoms with Crippen LogP contribution in [0.25, 0.3) is 0 Å². The first-order valence-electron chi connectivity index (χ1n) is 7.12. The first kappa shape index (κ1) is 15.7. The van der Waals surface area contributed by atoms with Gasteiger partial charge < -0.3 is 10.8 Å². The summed E-state index contributed by atoms with van der Waals surface area (Å²) in [6.07, 6.45) is 5.51. The minimum absolute atomic E-state index is 0.198. The molecule has 19 heavy (non-hydrogen) atoms. The Kier molecular flexibility index (Phi) is 6.57. The van der Waals surface area contributed by atoms with E-state index in [1.54, 1.807) is 0 Å². The number of carboxylic acids is 1. The number of carboxylic acid groups (broad SMARTS) is 1. The van der Waals surface area contributed by atoms with E-state index in [4.69, 9.17) is 5.73 Å². The Labute approximate surface area is 115 Å². The van der Waals surface area contributed by atoms with Gasteiger partial charge in [-0.25, -0.2) is 0 Å². The molecule has 3 N–H and O–H groups in total. The lowest BCUT2D eigenvalue weighted by molar-refractivity contribution is -0.148. The lowest BCUT2D eigenvalue weighted by Gasteiger charge is -2.28. The summed E-state index contributed by atoms with van der Waals surface area (Å²) in [7, 11) is 0. The van der Waals surface area contributed by atoms with Crippen molar-refractivity contribution in [3.8, 4) is 0 Å². The van der Waals surface area contributed by atoms with E-state index in [9.17, 15) is 9.90 Å². The summed E-state index contributed by atoms with van der Waals surface area (Å²) in [5.74, 6) is -0.768. The van der Waals surface area contributed by atoms with Crippen molar-refractivity contribution in [2.75, 3.05) is 6.54 Å². The average molecular weight is 263 g/mol. The van der Waals surface area contributed by atoms with Crippen molar-refractivity contribution in [3.63, 3.8) is 0 Å². The molecule has 0 spiro atoms. The summed E-state index contributed by atoms with van der Waals surface area (Å²) in [5, 5.41) is 9.56. The molecule has 0 aromatic heterocycles. The Morgan fingerprint density at radius 2 is 1.89 bits per heavy atom. The quantitative estimate of drug-likeness (QED) is 0.672. The number of hydrogen-bond acceptors (Lipinski definition) is 2. The number of hydrogen-bond donors (Lipinski definition) is 2. The highest BCUT2D eigenvalue weighted by Gasteiger charge is 2.36. The zero-order chi connectivity index (χ0) is 14.1. The normalized spacial score (nSPS) is 14.0. The maximum atomic E-state index is 11.6. The summed E-state index contributed by atoms with van der Waals surface area (Å²) in [5.41, 5.74) is 6.03. The third-order valence-corrected chi connectivity index (χ3v) is 3.74. The molecule has 106 valence electrons. The molecular weight excluding hydrogens is 238 g/mol. The number of carbonyl (C=O) groups is 1. The Morgan fingerprint density at radius 3 is 2.42 bits per heavy atom. The van der Waals surface area contributed by atoms with Crippen LogP contribution in [-0.4, -0.2) is 17.6 Å². The van der Waals surface area contributed by atoms with Crippen molar-refractivity contribution < 1.29 is 9.90 Å². The molecule has 0 bridgehead atoms. The second-order valence-electron chi connectivity index (χ2n) is 5.26. The Hall–Kier alpha value is -1.35. The molecule has 0 saturated carbocycles. The third-order valence-electron chi connectivity index (χ3n) is 3.74. The van der Waals surface area contributed by atoms with Crippen LogP contribution in [0.15, 0.2) is 30.3 Å². The molecule has 1 rings (SSSR count). The summed E-state index contributed by atoms with van der Waals surface area (Å²) < 4.78 is 0. The minimum Gasteiger partial charge on any atom is -0.481 e. The molecule has 0 heterocycles. The number of unbranched alkanes of at least 4 members (excludes halogenated alkanes) is 3. The maximum absolute atomic E-state index is 11.6. The smallest absolute Gasteiger partial charge is 0.311 e. The first-order chi connectivity index (χ1) is 9.14. The monoisotopic (exact) mass is 263 g/mol. The molecule has 1 aromatic rings. The SMILES string of the molecule is CCCCCC[C@](CN)(Cc1ccccc1)C(=O)O. The minimum atomic E-state index is -0.810. The molecule has 0 aliphatic rings. The van der Waals surface area contributed by atoms with Crippen molar-refractivity contribution in [2.24, 2.45) is 11.1 Å². The maximum Gasteiger partial charge on any atom is 0.311 e. The van der Waals surface area contributed by atoms with Gasteiger partial charge in [-0.15, -0.1) is 0 Å². The van der Waals surface area contributed by atoms with Crippen LogP contribution >= 0.6 is 0 Å². The van der Waals surface area contributed by atoms with E-state index in [2.05, 4.69) is 6.92 Å². The van der Waals surface area contributed by atoms with E-state index in [1.807, 2.05) is 30.3 Å². The van der Waals surface area contributed by atoms with Crippen molar-refractivity contribution in [1.82, 2.24) is 0 Å². The van der Waals surface area contributed by atoms with Gasteiger partial charge in [-0.05, 0) is 18.4 Å². The molecule has 3 nitrogen and oxygen atoms in total. The van der Waals surface area contributed by atoms with Crippen molar-refractivity contribution in [2.45, 2.75) is 45.4 Å². The van der Waals surface area contributed by atoms with Gasteiger partial charge in [0.2, 0.25) is 0 Å². The van der Waals surface area contributed by atoms with Gasteiger partial charge >= 0.3 is 5.97 Å². The highest BCUT2D eigenvalue weighted by molar-refractivity contribution is 5.75. The molecule has 0 radical (unpaired) electrons. The van der Waals surface area contributed by atoms with E-state index < -0.39 is 11.4 Å². The molecule has 0 saturated heterocycles. The van der Waals surface area contributed by atoms with E-state index in [0.717, 1.165) is 31.2 Å². The van der Waals surface area contributed by atoms with Crippen LogP contribution in [0.4, 0.5) is 0 Å². The fraction of sp³-hybridized carbons (Fsp3) is 0.562. The number of nitrogens with two attached hydrogens (primary N) is 1. The molecule has 0 unspecified atom stereocenters. The predicted octanol–water partition coefficient (Wildman–Crippen LogP) is 3.23. The molecule has 0 fully saturated rings. The topological polar surface area (TPSA) is 63.3 Å². The second-order valence-corrected chi connectivity index (χ2v) is 5.26. The Bertz CT molecular complexity index is 378. The lowest BCUT2D eigenvalue weighted by atomic mass is 9.77. The number of rotatable bonds is 9. The van der Waals surface area contributed by atoms with Gasteiger partial charge in [-0.1, -0.05) is 62.9 Å². The zero-order valence-corrected chi connectivity index (χ0v) is 11.8. The van der Waals surface area contributed by atoms with Crippen LogP contribution in [-0.2, 0) is 11.2 Å². The molecule has 1 aromatic carbocycles. The van der Waals surface area contributed by atoms with Crippen LogP contribution in [0.2, 0.25) is 0 Å². The first-order valence-corrected chi connectivity index (χ1v) is 7.12. The highest BCUT2D eigenvalue weighted by Crippen LogP contribution is 2.29. The fourth-order valence-electron chi connectivity index (χ4n) is 2.41. The van der Waals surface area contributed by atoms with Crippen molar-refractivity contribution >= 4 is 5.97 Å². The van der Waals surface area contributed by atoms with Crippen molar-refractivity contribution in [1.29, 1.82) is 0 Å². The number of benzene rings is 1. The van der Waals surface area contributed by atoms with E-state index in [0.29, 0.717) is 12.8 Å². The summed E-state index contributed by atoms with van der Waals surface area (Å²) in [6, 6.07) is 9.76. The largest absolute Gasteiger partial charge is 0.481 e. The van der Waals surface area contributed by atoms with Crippen LogP contribution in [0, 0.1) is 5.41 Å². The Balaban J connectivity index is 2.72. The van der Waals surface area contributed by atoms with Gasteiger partial charge in [0.25, 0.3) is 0 Å². The van der Waals surface area contributed by atoms with Crippen LogP contribution in [0.1, 0.15) is 44.6 Å². The van der Waals surface area contributed by atoms with Gasteiger partial charge in [0, 0.05) is 6.54 Å². The third kappa shape index (κ3) is 4.67. The molecule has 0 amide bonds. The van der Waals surface area contributed by atoms with Gasteiger partial charge in [-0.2, -0.15) is 0 Å². The predicted molar refractivity (Wildman–Crippen MR) is 78.0 cm³/mol. The zero-order valence-electron chi connectivity index (χ0n) is 11.8. The van der Waals surface area contributed by atoms with Crippen LogP contribution < -0.4 is 5.73 Å². The number of aliphatic carboxylic acids is 1. The summed E-state index contributed by atoms with van der Waals surface area (Å²) in [6.45, 7) is 2.35. The molecule has 3 heteroatoms. The van der Waals surface area contributed by atoms with E-state index >= 15 is 0 Å². The molecule has 1 atom stereocenters. The van der Waals surface area contributed by atoms with Gasteiger partial charge in [0.1, 0.15) is 0 Å². The lowest BCUT2D eigenvalue weighted by Crippen LogP contribution is -2.40. The van der Waals surface area contributed by atoms with E-state index in [1.165, 1.54) is 0 Å². The summed E-state index contributed by atoms with van der Waals surface area (Å²) in [4.78, 5) is 11.6. The van der Waals surface area contributed by atoms with Gasteiger partial charge in [-0.3, -0.25) is 4.79 Å². The average Bonchev–Trinajstić information content (AvgIpc) is 2.43. The van der Waals surface area contributed by atoms with Gasteiger partial charge in [0.15, 0.2) is 0 Å².